The Balaban J connectivity index is 1.53. The molecule has 1 aliphatic rings. The Morgan fingerprint density at radius 2 is 2.03 bits per heavy atom. The molecule has 0 bridgehead atoms. The highest BCUT2D eigenvalue weighted by Gasteiger charge is 2.18. The van der Waals surface area contributed by atoms with Crippen molar-refractivity contribution in [3.63, 3.8) is 0 Å². The normalized spacial score (nSPS) is 12.9. The van der Waals surface area contributed by atoms with Gasteiger partial charge in [-0.2, -0.15) is 0 Å². The van der Waals surface area contributed by atoms with Gasteiger partial charge in [0.05, 0.1) is 34.0 Å². The summed E-state index contributed by atoms with van der Waals surface area (Å²) in [6.07, 6.45) is 2.21. The van der Waals surface area contributed by atoms with Gasteiger partial charge in [0.15, 0.2) is 0 Å². The molecule has 3 aromatic carbocycles. The minimum Gasteiger partial charge on any atom is -0.497 e. The number of hydrogen-bond donors (Lipinski definition) is 1. The molecular weight excluding hydrogens is 434 g/mol. The largest absolute Gasteiger partial charge is 0.497 e. The van der Waals surface area contributed by atoms with Crippen LogP contribution in [0.25, 0.3) is 0 Å². The van der Waals surface area contributed by atoms with Crippen molar-refractivity contribution >= 4 is 40.6 Å². The molecule has 1 heterocycles. The van der Waals surface area contributed by atoms with Gasteiger partial charge in [-0.1, -0.05) is 29.8 Å². The van der Waals surface area contributed by atoms with E-state index in [0.29, 0.717) is 16.3 Å². The van der Waals surface area contributed by atoms with Crippen LogP contribution >= 0.6 is 23.5 Å². The van der Waals surface area contributed by atoms with E-state index in [9.17, 15) is 10.1 Å². The third-order valence-electron chi connectivity index (χ3n) is 5.17. The van der Waals surface area contributed by atoms with Gasteiger partial charge < -0.3 is 14.4 Å². The second-order valence-electron chi connectivity index (χ2n) is 7.17. The minimum atomic E-state index is -0.391. The van der Waals surface area contributed by atoms with Crippen LogP contribution in [-0.2, 0) is 13.0 Å². The molecule has 0 saturated carbocycles. The first kappa shape index (κ1) is 21.3. The lowest BCUT2D eigenvalue weighted by atomic mass is 10.0. The van der Waals surface area contributed by atoms with Crippen molar-refractivity contribution in [2.75, 3.05) is 23.3 Å². The fourth-order valence-corrected chi connectivity index (χ4v) is 4.85. The van der Waals surface area contributed by atoms with Crippen LogP contribution < -0.4 is 14.4 Å². The number of benzene rings is 3. The van der Waals surface area contributed by atoms with Crippen molar-refractivity contribution in [2.45, 2.75) is 24.3 Å². The van der Waals surface area contributed by atoms with Crippen LogP contribution in [0.4, 0.5) is 17.1 Å². The van der Waals surface area contributed by atoms with E-state index in [0.717, 1.165) is 30.0 Å². The molecule has 1 N–H and O–H groups in total. The number of nitrogens with zero attached hydrogens (tertiary/aromatic N) is 2. The van der Waals surface area contributed by atoms with E-state index in [-0.39, 0.29) is 12.2 Å². The van der Waals surface area contributed by atoms with Crippen molar-refractivity contribution in [2.24, 2.45) is 0 Å². The first-order chi connectivity index (χ1) is 15.0. The number of nitro groups is 1. The van der Waals surface area contributed by atoms with Crippen LogP contribution in [0.15, 0.2) is 65.6 Å². The second-order valence-corrected chi connectivity index (χ2v) is 8.67. The molecule has 0 radical (unpaired) electrons. The molecule has 31 heavy (non-hydrogen) atoms. The van der Waals surface area contributed by atoms with Crippen LogP contribution in [-0.4, -0.2) is 18.6 Å². The molecule has 0 saturated heterocycles. The molecule has 0 amide bonds. The van der Waals surface area contributed by atoms with Crippen LogP contribution in [0.2, 0.25) is 5.02 Å². The summed E-state index contributed by atoms with van der Waals surface area (Å²) >= 11 is 8.08. The standard InChI is InChI=1S/C23H22ClN3O3S/c1-30-18-8-11-23(27(28)29)17(13-18)15-25-21-14-19(9-10-20(21)24)31-26-12-4-6-16-5-2-3-7-22(16)26/h2-3,5,7-11,13-14,25H,4,6,12,15H2,1H3. The zero-order valence-electron chi connectivity index (χ0n) is 17.0. The highest BCUT2D eigenvalue weighted by Crippen LogP contribution is 2.37. The molecular formula is C23H22ClN3O3S. The Hall–Kier alpha value is -2.90. The Bertz CT molecular complexity index is 1110. The lowest BCUT2D eigenvalue weighted by Gasteiger charge is -2.30. The Labute approximate surface area is 190 Å². The molecule has 0 aromatic heterocycles. The van der Waals surface area contributed by atoms with Gasteiger partial charge in [0.25, 0.3) is 5.69 Å². The molecule has 0 fully saturated rings. The van der Waals surface area contributed by atoms with E-state index >= 15 is 0 Å². The summed E-state index contributed by atoms with van der Waals surface area (Å²) in [5, 5.41) is 15.2. The van der Waals surface area contributed by atoms with Crippen LogP contribution in [0, 0.1) is 10.1 Å². The van der Waals surface area contributed by atoms with Gasteiger partial charge in [-0.15, -0.1) is 0 Å². The van der Waals surface area contributed by atoms with Gasteiger partial charge >= 0.3 is 0 Å². The number of para-hydroxylation sites is 1. The molecule has 0 spiro atoms. The van der Waals surface area contributed by atoms with Crippen LogP contribution in [0.5, 0.6) is 5.75 Å². The van der Waals surface area contributed by atoms with Gasteiger partial charge in [-0.25, -0.2) is 0 Å². The van der Waals surface area contributed by atoms with E-state index in [1.807, 2.05) is 18.2 Å². The number of nitro benzene ring substituents is 1. The number of ether oxygens (including phenoxy) is 1. The summed E-state index contributed by atoms with van der Waals surface area (Å²) in [7, 11) is 1.54. The van der Waals surface area contributed by atoms with Crippen molar-refractivity contribution in [1.82, 2.24) is 0 Å². The summed E-state index contributed by atoms with van der Waals surface area (Å²) in [6.45, 7) is 1.23. The summed E-state index contributed by atoms with van der Waals surface area (Å²) in [5.41, 5.74) is 3.91. The molecule has 0 aliphatic carbocycles. The summed E-state index contributed by atoms with van der Waals surface area (Å²) < 4.78 is 7.52. The third-order valence-corrected chi connectivity index (χ3v) is 6.57. The number of hydrogen-bond acceptors (Lipinski definition) is 6. The van der Waals surface area contributed by atoms with E-state index in [1.54, 1.807) is 24.1 Å². The van der Waals surface area contributed by atoms with Gasteiger partial charge in [-0.05, 0) is 66.8 Å². The van der Waals surface area contributed by atoms with Crippen molar-refractivity contribution in [3.05, 3.63) is 86.9 Å². The lowest BCUT2D eigenvalue weighted by Crippen LogP contribution is -2.22. The molecule has 3 aromatic rings. The first-order valence-electron chi connectivity index (χ1n) is 9.93. The van der Waals surface area contributed by atoms with Crippen LogP contribution in [0.3, 0.4) is 0 Å². The maximum atomic E-state index is 11.4. The Morgan fingerprint density at radius 1 is 1.19 bits per heavy atom. The fraction of sp³-hybridized carbons (Fsp3) is 0.217. The average molecular weight is 456 g/mol. The van der Waals surface area contributed by atoms with Crippen molar-refractivity contribution in [1.29, 1.82) is 0 Å². The van der Waals surface area contributed by atoms with E-state index in [1.165, 1.54) is 24.4 Å². The highest BCUT2D eigenvalue weighted by molar-refractivity contribution is 8.00. The molecule has 0 unspecified atom stereocenters. The predicted molar refractivity (Wildman–Crippen MR) is 126 cm³/mol. The number of halogens is 1. The molecule has 8 heteroatoms. The average Bonchev–Trinajstić information content (AvgIpc) is 2.79. The van der Waals surface area contributed by atoms with E-state index in [4.69, 9.17) is 16.3 Å². The SMILES string of the molecule is COc1ccc([N+](=O)[O-])c(CNc2cc(SN3CCCc4ccccc43)ccc2Cl)c1. The lowest BCUT2D eigenvalue weighted by molar-refractivity contribution is -0.385. The van der Waals surface area contributed by atoms with Crippen molar-refractivity contribution < 1.29 is 9.66 Å². The number of methoxy groups -OCH3 is 1. The third kappa shape index (κ3) is 4.89. The number of aryl methyl sites for hydroxylation is 1. The van der Waals surface area contributed by atoms with Gasteiger partial charge in [0.1, 0.15) is 5.75 Å². The number of nitrogens with one attached hydrogen (secondary N) is 1. The topological polar surface area (TPSA) is 67.6 Å². The quantitative estimate of drug-likeness (QED) is 0.255. The maximum absolute atomic E-state index is 11.4. The zero-order valence-corrected chi connectivity index (χ0v) is 18.6. The van der Waals surface area contributed by atoms with E-state index in [2.05, 4.69) is 33.9 Å². The molecule has 1 aliphatic heterocycles. The Kier molecular flexibility index (Phi) is 6.53. The van der Waals surface area contributed by atoms with Gasteiger partial charge in [-0.3, -0.25) is 10.1 Å². The van der Waals surface area contributed by atoms with Gasteiger partial charge in [0, 0.05) is 24.1 Å². The van der Waals surface area contributed by atoms with E-state index < -0.39 is 4.92 Å². The first-order valence-corrected chi connectivity index (χ1v) is 11.1. The fourth-order valence-electron chi connectivity index (χ4n) is 3.62. The highest BCUT2D eigenvalue weighted by atomic mass is 35.5. The Morgan fingerprint density at radius 3 is 2.84 bits per heavy atom. The van der Waals surface area contributed by atoms with Crippen molar-refractivity contribution in [3.8, 4) is 5.75 Å². The molecule has 160 valence electrons. The number of fused-ring (bicyclic) bond motifs is 1. The minimum absolute atomic E-state index is 0.0416. The summed E-state index contributed by atoms with van der Waals surface area (Å²) in [6, 6.07) is 19.0. The van der Waals surface area contributed by atoms with Crippen LogP contribution in [0.1, 0.15) is 17.5 Å². The summed E-state index contributed by atoms with van der Waals surface area (Å²) in [5.74, 6) is 0.571. The second kappa shape index (κ2) is 9.49. The van der Waals surface area contributed by atoms with Gasteiger partial charge in [0.2, 0.25) is 0 Å². The maximum Gasteiger partial charge on any atom is 0.274 e. The number of anilines is 2. The number of rotatable bonds is 7. The zero-order chi connectivity index (χ0) is 21.8. The predicted octanol–water partition coefficient (Wildman–Crippen LogP) is 6.33. The smallest absolute Gasteiger partial charge is 0.274 e. The molecule has 6 nitrogen and oxygen atoms in total. The monoisotopic (exact) mass is 455 g/mol. The molecule has 4 rings (SSSR count). The molecule has 0 atom stereocenters. The summed E-state index contributed by atoms with van der Waals surface area (Å²) in [4.78, 5) is 12.0.